The van der Waals surface area contributed by atoms with Gasteiger partial charge in [-0.2, -0.15) is 0 Å². The smallest absolute Gasteiger partial charge is 0.233 e. The zero-order valence-electron chi connectivity index (χ0n) is 11.4. The van der Waals surface area contributed by atoms with E-state index in [1.807, 2.05) is 13.8 Å². The van der Waals surface area contributed by atoms with Crippen LogP contribution in [0.2, 0.25) is 0 Å². The van der Waals surface area contributed by atoms with Crippen molar-refractivity contribution in [1.29, 1.82) is 0 Å². The number of carbonyl (C=O) groups is 1. The first kappa shape index (κ1) is 14.0. The van der Waals surface area contributed by atoms with E-state index in [0.29, 0.717) is 11.8 Å². The number of aryl methyl sites for hydroxylation is 2. The highest BCUT2D eigenvalue weighted by molar-refractivity contribution is 7.80. The molecule has 0 radical (unpaired) electrons. The maximum atomic E-state index is 12.3. The summed E-state index contributed by atoms with van der Waals surface area (Å²) in [7, 11) is 0. The third-order valence-electron chi connectivity index (χ3n) is 3.77. The number of nitrogens with two attached hydrogens (primary N) is 1. The van der Waals surface area contributed by atoms with Crippen molar-refractivity contribution in [3.8, 4) is 0 Å². The number of hydrogen-bond acceptors (Lipinski definition) is 4. The van der Waals surface area contributed by atoms with Crippen LogP contribution in [0.5, 0.6) is 0 Å². The molecule has 0 aromatic carbocycles. The highest BCUT2D eigenvalue weighted by atomic mass is 32.1. The molecule has 0 atom stereocenters. The van der Waals surface area contributed by atoms with Crippen LogP contribution in [0, 0.1) is 25.2 Å². The van der Waals surface area contributed by atoms with Crippen LogP contribution in [0.15, 0.2) is 4.42 Å². The number of rotatable bonds is 4. The van der Waals surface area contributed by atoms with Gasteiger partial charge in [-0.25, -0.2) is 4.98 Å². The second-order valence-corrected chi connectivity index (χ2v) is 5.83. The quantitative estimate of drug-likeness (QED) is 0.819. The highest BCUT2D eigenvalue weighted by Crippen LogP contribution is 2.45. The molecule has 19 heavy (non-hydrogen) atoms. The lowest BCUT2D eigenvalue weighted by Gasteiger charge is -2.43. The molecule has 1 saturated carbocycles. The molecule has 1 aromatic heterocycles. The molecule has 3 N–H and O–H groups in total. The van der Waals surface area contributed by atoms with Crippen LogP contribution in [-0.4, -0.2) is 15.9 Å². The van der Waals surface area contributed by atoms with E-state index in [1.165, 1.54) is 0 Å². The molecule has 2 rings (SSSR count). The number of aromatic nitrogens is 1. The second kappa shape index (κ2) is 4.92. The first-order valence-corrected chi connectivity index (χ1v) is 6.77. The molecule has 5 nitrogen and oxygen atoms in total. The van der Waals surface area contributed by atoms with Crippen molar-refractivity contribution in [2.75, 3.05) is 0 Å². The fourth-order valence-electron chi connectivity index (χ4n) is 2.57. The number of carbonyl (C=O) groups excluding carboxylic acids is 1. The van der Waals surface area contributed by atoms with Gasteiger partial charge in [0.2, 0.25) is 11.8 Å². The molecule has 0 saturated heterocycles. The summed E-state index contributed by atoms with van der Waals surface area (Å²) in [6.07, 6.45) is 1.44. The predicted molar refractivity (Wildman–Crippen MR) is 75.4 cm³/mol. The standard InChI is InChI=1S/C13H19N3O2S/c1-7-4-13(5-7,11(14)19)12(17)15-6-10-16-8(2)9(3)18-10/h7H,4-6H2,1-3H3,(H2,14,19)(H,15,17). The van der Waals surface area contributed by atoms with Crippen LogP contribution in [0.1, 0.15) is 37.1 Å². The molecule has 6 heteroatoms. The summed E-state index contributed by atoms with van der Waals surface area (Å²) >= 11 is 5.04. The van der Waals surface area contributed by atoms with E-state index in [0.717, 1.165) is 24.3 Å². The summed E-state index contributed by atoms with van der Waals surface area (Å²) in [5.74, 6) is 1.64. The van der Waals surface area contributed by atoms with Gasteiger partial charge in [-0.1, -0.05) is 19.1 Å². The topological polar surface area (TPSA) is 81.2 Å². The Bertz CT molecular complexity index is 498. The van der Waals surface area contributed by atoms with E-state index in [1.54, 1.807) is 0 Å². The Morgan fingerprint density at radius 3 is 2.63 bits per heavy atom. The lowest BCUT2D eigenvalue weighted by atomic mass is 9.62. The number of oxazole rings is 1. The molecule has 0 aliphatic heterocycles. The number of nitrogens with one attached hydrogen (secondary N) is 1. The third-order valence-corrected chi connectivity index (χ3v) is 4.16. The van der Waals surface area contributed by atoms with E-state index in [-0.39, 0.29) is 17.4 Å². The first-order chi connectivity index (χ1) is 8.85. The van der Waals surface area contributed by atoms with Crippen molar-refractivity contribution in [3.05, 3.63) is 17.3 Å². The van der Waals surface area contributed by atoms with Crippen molar-refractivity contribution in [2.24, 2.45) is 17.1 Å². The maximum Gasteiger partial charge on any atom is 0.233 e. The van der Waals surface area contributed by atoms with Crippen molar-refractivity contribution in [3.63, 3.8) is 0 Å². The Hall–Kier alpha value is -1.43. The van der Waals surface area contributed by atoms with Gasteiger partial charge in [0, 0.05) is 0 Å². The Labute approximate surface area is 117 Å². The van der Waals surface area contributed by atoms with Gasteiger partial charge in [0.05, 0.1) is 22.6 Å². The normalized spacial score (nSPS) is 25.7. The van der Waals surface area contributed by atoms with E-state index >= 15 is 0 Å². The monoisotopic (exact) mass is 281 g/mol. The minimum atomic E-state index is -0.675. The summed E-state index contributed by atoms with van der Waals surface area (Å²) in [6.45, 7) is 6.07. The predicted octanol–water partition coefficient (Wildman–Crippen LogP) is 1.61. The molecular formula is C13H19N3O2S. The van der Waals surface area contributed by atoms with Gasteiger partial charge < -0.3 is 15.5 Å². The van der Waals surface area contributed by atoms with Crippen molar-refractivity contribution >= 4 is 23.1 Å². The third kappa shape index (κ3) is 2.49. The largest absolute Gasteiger partial charge is 0.444 e. The van der Waals surface area contributed by atoms with Crippen LogP contribution in [0.4, 0.5) is 0 Å². The number of amides is 1. The van der Waals surface area contributed by atoms with Crippen molar-refractivity contribution in [2.45, 2.75) is 40.2 Å². The van der Waals surface area contributed by atoms with Crippen LogP contribution in [0.25, 0.3) is 0 Å². The van der Waals surface area contributed by atoms with E-state index < -0.39 is 5.41 Å². The SMILES string of the molecule is Cc1nc(CNC(=O)C2(C(N)=S)CC(C)C2)oc1C. The summed E-state index contributed by atoms with van der Waals surface area (Å²) < 4.78 is 5.42. The van der Waals surface area contributed by atoms with Crippen LogP contribution in [-0.2, 0) is 11.3 Å². The average molecular weight is 281 g/mol. The molecule has 1 aliphatic rings. The van der Waals surface area contributed by atoms with E-state index in [2.05, 4.69) is 17.2 Å². The molecule has 0 unspecified atom stereocenters. The van der Waals surface area contributed by atoms with Crippen LogP contribution >= 0.6 is 12.2 Å². The average Bonchev–Trinajstić information content (AvgIpc) is 2.61. The fourth-order valence-corrected chi connectivity index (χ4v) is 2.83. The van der Waals surface area contributed by atoms with Gasteiger partial charge in [-0.05, 0) is 32.6 Å². The highest BCUT2D eigenvalue weighted by Gasteiger charge is 2.50. The van der Waals surface area contributed by atoms with Crippen molar-refractivity contribution in [1.82, 2.24) is 10.3 Å². The Morgan fingerprint density at radius 2 is 2.21 bits per heavy atom. The zero-order chi connectivity index (χ0) is 14.2. The Morgan fingerprint density at radius 1 is 1.58 bits per heavy atom. The Balaban J connectivity index is 1.99. The number of thiocarbonyl (C=S) groups is 1. The summed E-state index contributed by atoms with van der Waals surface area (Å²) in [5.41, 5.74) is 5.89. The summed E-state index contributed by atoms with van der Waals surface area (Å²) in [6, 6.07) is 0. The lowest BCUT2D eigenvalue weighted by molar-refractivity contribution is -0.133. The molecule has 0 bridgehead atoms. The maximum absolute atomic E-state index is 12.3. The number of nitrogens with zero attached hydrogens (tertiary/aromatic N) is 1. The van der Waals surface area contributed by atoms with Gasteiger partial charge >= 0.3 is 0 Å². The van der Waals surface area contributed by atoms with Crippen molar-refractivity contribution < 1.29 is 9.21 Å². The van der Waals surface area contributed by atoms with Gasteiger partial charge in [-0.3, -0.25) is 4.79 Å². The van der Waals surface area contributed by atoms with Gasteiger partial charge in [0.25, 0.3) is 0 Å². The molecule has 1 aromatic rings. The first-order valence-electron chi connectivity index (χ1n) is 6.36. The minimum Gasteiger partial charge on any atom is -0.444 e. The Kier molecular flexibility index (Phi) is 3.62. The van der Waals surface area contributed by atoms with Gasteiger partial charge in [0.15, 0.2) is 0 Å². The summed E-state index contributed by atoms with van der Waals surface area (Å²) in [5, 5.41) is 2.82. The lowest BCUT2D eigenvalue weighted by Crippen LogP contribution is -2.55. The van der Waals surface area contributed by atoms with Crippen LogP contribution in [0.3, 0.4) is 0 Å². The second-order valence-electron chi connectivity index (χ2n) is 5.39. The minimum absolute atomic E-state index is 0.119. The van der Waals surface area contributed by atoms with E-state index in [4.69, 9.17) is 22.4 Å². The molecule has 1 aliphatic carbocycles. The number of hydrogen-bond donors (Lipinski definition) is 2. The molecule has 1 heterocycles. The molecule has 1 amide bonds. The van der Waals surface area contributed by atoms with E-state index in [9.17, 15) is 4.79 Å². The molecular weight excluding hydrogens is 262 g/mol. The van der Waals surface area contributed by atoms with Crippen LogP contribution < -0.4 is 11.1 Å². The summed E-state index contributed by atoms with van der Waals surface area (Å²) in [4.78, 5) is 16.8. The molecule has 1 fully saturated rings. The fraction of sp³-hybridized carbons (Fsp3) is 0.615. The molecule has 0 spiro atoms. The van der Waals surface area contributed by atoms with Gasteiger partial charge in [-0.15, -0.1) is 0 Å². The zero-order valence-corrected chi connectivity index (χ0v) is 12.3. The molecule has 104 valence electrons. The van der Waals surface area contributed by atoms with Gasteiger partial charge in [0.1, 0.15) is 5.76 Å².